The van der Waals surface area contributed by atoms with Crippen LogP contribution in [0.15, 0.2) is 11.1 Å². The number of aryl methyl sites for hydroxylation is 2. The van der Waals surface area contributed by atoms with Crippen molar-refractivity contribution in [3.8, 4) is 0 Å². The summed E-state index contributed by atoms with van der Waals surface area (Å²) in [5.41, 5.74) is 0.169. The van der Waals surface area contributed by atoms with Gasteiger partial charge in [0.2, 0.25) is 10.0 Å². The molecule has 134 valence electrons. The van der Waals surface area contributed by atoms with Crippen molar-refractivity contribution in [1.82, 2.24) is 19.4 Å². The predicted octanol–water partition coefficient (Wildman–Crippen LogP) is 0.429. The van der Waals surface area contributed by atoms with Crippen molar-refractivity contribution in [3.63, 3.8) is 0 Å². The van der Waals surface area contributed by atoms with Gasteiger partial charge in [0, 0.05) is 19.3 Å². The highest BCUT2D eigenvalue weighted by Crippen LogP contribution is 2.44. The van der Waals surface area contributed by atoms with Crippen LogP contribution in [0.5, 0.6) is 0 Å². The lowest BCUT2D eigenvalue weighted by Gasteiger charge is -2.33. The Bertz CT molecular complexity index is 737. The van der Waals surface area contributed by atoms with E-state index in [1.165, 1.54) is 10.5 Å². The molecule has 1 spiro atoms. The Morgan fingerprint density at radius 1 is 1.46 bits per heavy atom. The summed E-state index contributed by atoms with van der Waals surface area (Å²) in [7, 11) is -3.88. The van der Waals surface area contributed by atoms with Crippen LogP contribution in [-0.2, 0) is 21.4 Å². The Balaban J connectivity index is 1.98. The fraction of sp³-hybridized carbons (Fsp3) is 0.733. The van der Waals surface area contributed by atoms with Gasteiger partial charge in [0.25, 0.3) is 0 Å². The van der Waals surface area contributed by atoms with E-state index in [0.717, 1.165) is 25.9 Å². The van der Waals surface area contributed by atoms with Crippen LogP contribution in [0.1, 0.15) is 31.9 Å². The predicted molar refractivity (Wildman–Crippen MR) is 87.1 cm³/mol. The first kappa shape index (κ1) is 17.4. The van der Waals surface area contributed by atoms with E-state index in [1.807, 2.05) is 6.92 Å². The number of carboxylic acid groups (broad SMARTS) is 1. The normalized spacial score (nSPS) is 24.5. The number of nitrogens with one attached hydrogen (secondary N) is 1. The molecule has 2 N–H and O–H groups in total. The Morgan fingerprint density at radius 2 is 2.12 bits per heavy atom. The monoisotopic (exact) mass is 356 g/mol. The first-order valence-corrected chi connectivity index (χ1v) is 9.72. The third-order valence-electron chi connectivity index (χ3n) is 5.23. The van der Waals surface area contributed by atoms with Gasteiger partial charge >= 0.3 is 5.97 Å². The van der Waals surface area contributed by atoms with Crippen molar-refractivity contribution in [2.75, 3.05) is 19.6 Å². The topological polar surface area (TPSA) is 105 Å². The fourth-order valence-electron chi connectivity index (χ4n) is 3.84. The van der Waals surface area contributed by atoms with Gasteiger partial charge in [0.15, 0.2) is 0 Å². The number of piperidine rings is 1. The van der Waals surface area contributed by atoms with Crippen LogP contribution >= 0.6 is 0 Å². The van der Waals surface area contributed by atoms with Crippen LogP contribution in [0.3, 0.4) is 0 Å². The van der Waals surface area contributed by atoms with E-state index in [0.29, 0.717) is 18.7 Å². The van der Waals surface area contributed by atoms with E-state index >= 15 is 0 Å². The quantitative estimate of drug-likeness (QED) is 0.811. The molecular weight excluding hydrogens is 332 g/mol. The molecule has 3 heterocycles. The van der Waals surface area contributed by atoms with Crippen molar-refractivity contribution in [1.29, 1.82) is 0 Å². The summed E-state index contributed by atoms with van der Waals surface area (Å²) in [6.07, 6.45) is 3.48. The molecule has 1 aromatic rings. The van der Waals surface area contributed by atoms with Crippen molar-refractivity contribution < 1.29 is 18.3 Å². The Morgan fingerprint density at radius 3 is 2.67 bits per heavy atom. The first-order chi connectivity index (χ1) is 11.3. The van der Waals surface area contributed by atoms with Gasteiger partial charge in [-0.05, 0) is 51.6 Å². The molecule has 1 aromatic heterocycles. The van der Waals surface area contributed by atoms with Gasteiger partial charge in [-0.25, -0.2) is 8.42 Å². The second-order valence-electron chi connectivity index (χ2n) is 6.79. The van der Waals surface area contributed by atoms with E-state index < -0.39 is 22.0 Å². The maximum absolute atomic E-state index is 13.1. The third-order valence-corrected chi connectivity index (χ3v) is 7.18. The first-order valence-electron chi connectivity index (χ1n) is 8.28. The third kappa shape index (κ3) is 2.84. The van der Waals surface area contributed by atoms with Crippen LogP contribution in [0.25, 0.3) is 0 Å². The number of carboxylic acids is 1. The Kier molecular flexibility index (Phi) is 4.43. The summed E-state index contributed by atoms with van der Waals surface area (Å²) in [6.45, 7) is 5.95. The SMILES string of the molecule is CCn1cc(S(=O)(=O)N2CC3(CCNCC3)C[C@H]2C(=O)O)c(C)n1. The zero-order valence-electron chi connectivity index (χ0n) is 14.0. The second kappa shape index (κ2) is 6.12. The summed E-state index contributed by atoms with van der Waals surface area (Å²) in [5, 5.41) is 17.0. The number of aliphatic carboxylic acids is 1. The van der Waals surface area contributed by atoms with Crippen molar-refractivity contribution in [3.05, 3.63) is 11.9 Å². The molecule has 0 radical (unpaired) electrons. The highest BCUT2D eigenvalue weighted by molar-refractivity contribution is 7.89. The van der Waals surface area contributed by atoms with Crippen LogP contribution in [-0.4, -0.2) is 59.3 Å². The number of sulfonamides is 1. The van der Waals surface area contributed by atoms with E-state index in [9.17, 15) is 18.3 Å². The molecule has 24 heavy (non-hydrogen) atoms. The average molecular weight is 356 g/mol. The molecule has 0 bridgehead atoms. The Hall–Kier alpha value is -1.45. The minimum atomic E-state index is -3.88. The van der Waals surface area contributed by atoms with Gasteiger partial charge in [-0.1, -0.05) is 0 Å². The van der Waals surface area contributed by atoms with Crippen molar-refractivity contribution in [2.45, 2.75) is 50.6 Å². The highest BCUT2D eigenvalue weighted by atomic mass is 32.2. The lowest BCUT2D eigenvalue weighted by Crippen LogP contribution is -2.42. The summed E-state index contributed by atoms with van der Waals surface area (Å²) in [6, 6.07) is -1.00. The summed E-state index contributed by atoms with van der Waals surface area (Å²) < 4.78 is 29.0. The van der Waals surface area contributed by atoms with Gasteiger partial charge in [0.05, 0.1) is 5.69 Å². The highest BCUT2D eigenvalue weighted by Gasteiger charge is 2.52. The lowest BCUT2D eigenvalue weighted by molar-refractivity contribution is -0.140. The summed E-state index contributed by atoms with van der Waals surface area (Å²) in [4.78, 5) is 11.8. The zero-order valence-corrected chi connectivity index (χ0v) is 14.8. The number of carbonyl (C=O) groups is 1. The largest absolute Gasteiger partial charge is 0.480 e. The maximum Gasteiger partial charge on any atom is 0.322 e. The molecule has 0 saturated carbocycles. The molecule has 2 aliphatic heterocycles. The average Bonchev–Trinajstić information content (AvgIpc) is 3.10. The number of nitrogens with zero attached hydrogens (tertiary/aromatic N) is 3. The van der Waals surface area contributed by atoms with Gasteiger partial charge in [-0.2, -0.15) is 9.40 Å². The van der Waals surface area contributed by atoms with Gasteiger partial charge in [0.1, 0.15) is 10.9 Å². The van der Waals surface area contributed by atoms with Crippen LogP contribution in [0, 0.1) is 12.3 Å². The molecule has 3 rings (SSSR count). The van der Waals surface area contributed by atoms with Crippen LogP contribution < -0.4 is 5.32 Å². The molecule has 0 aromatic carbocycles. The van der Waals surface area contributed by atoms with Crippen LogP contribution in [0.2, 0.25) is 0 Å². The number of hydrogen-bond donors (Lipinski definition) is 2. The van der Waals surface area contributed by atoms with Gasteiger partial charge in [-0.15, -0.1) is 0 Å². The number of hydrogen-bond acceptors (Lipinski definition) is 5. The smallest absolute Gasteiger partial charge is 0.322 e. The van der Waals surface area contributed by atoms with Crippen LogP contribution in [0.4, 0.5) is 0 Å². The summed E-state index contributed by atoms with van der Waals surface area (Å²) in [5.74, 6) is -1.07. The maximum atomic E-state index is 13.1. The molecule has 0 unspecified atom stereocenters. The van der Waals surface area contributed by atoms with Crippen molar-refractivity contribution in [2.24, 2.45) is 5.41 Å². The molecule has 2 fully saturated rings. The Labute approximate surface area is 141 Å². The second-order valence-corrected chi connectivity index (χ2v) is 8.65. The molecular formula is C15H24N4O4S. The van der Waals surface area contributed by atoms with E-state index in [-0.39, 0.29) is 16.9 Å². The molecule has 2 saturated heterocycles. The van der Waals surface area contributed by atoms with E-state index in [2.05, 4.69) is 10.4 Å². The molecule has 1 atom stereocenters. The summed E-state index contributed by atoms with van der Waals surface area (Å²) >= 11 is 0. The zero-order chi connectivity index (χ0) is 17.5. The van der Waals surface area contributed by atoms with E-state index in [1.54, 1.807) is 11.6 Å². The molecule has 2 aliphatic rings. The molecule has 8 nitrogen and oxygen atoms in total. The van der Waals surface area contributed by atoms with E-state index in [4.69, 9.17) is 0 Å². The van der Waals surface area contributed by atoms with Crippen molar-refractivity contribution >= 4 is 16.0 Å². The minimum Gasteiger partial charge on any atom is -0.480 e. The standard InChI is InChI=1S/C15H24N4O4S/c1-3-18-9-13(11(2)17-18)24(22,23)19-10-15(4-6-16-7-5-15)8-12(19)14(20)21/h9,12,16H,3-8,10H2,1-2H3,(H,20,21)/t12-/m0/s1. The minimum absolute atomic E-state index is 0.113. The molecule has 0 aliphatic carbocycles. The van der Waals surface area contributed by atoms with Gasteiger partial charge in [-0.3, -0.25) is 9.48 Å². The lowest BCUT2D eigenvalue weighted by atomic mass is 9.77. The van der Waals surface area contributed by atoms with Gasteiger partial charge < -0.3 is 10.4 Å². The molecule has 0 amide bonds. The molecule has 9 heteroatoms. The fourth-order valence-corrected chi connectivity index (χ4v) is 5.71. The number of rotatable bonds is 4. The number of aromatic nitrogens is 2.